The lowest BCUT2D eigenvalue weighted by molar-refractivity contribution is -0.000286. The lowest BCUT2D eigenvalue weighted by Gasteiger charge is -2.35. The summed E-state index contributed by atoms with van der Waals surface area (Å²) in [6.07, 6.45) is 5.96. The number of carbonyl (C=O) groups is 1. The van der Waals surface area contributed by atoms with Crippen molar-refractivity contribution in [3.8, 4) is 0 Å². The number of ether oxygens (including phenoxy) is 1. The van der Waals surface area contributed by atoms with Crippen molar-refractivity contribution < 1.29 is 13.9 Å². The molecule has 4 rings (SSSR count). The van der Waals surface area contributed by atoms with Crippen LogP contribution in [0.15, 0.2) is 30.5 Å². The van der Waals surface area contributed by atoms with Gasteiger partial charge in [0, 0.05) is 42.0 Å². The fourth-order valence-corrected chi connectivity index (χ4v) is 4.36. The SMILES string of the molecule is CN1[C@@H]2CC[C@H]1C[C@@H](OC(=O)c1cn(CCF)c3ccccc13)C2. The van der Waals surface area contributed by atoms with E-state index in [9.17, 15) is 9.18 Å². The first kappa shape index (κ1) is 15.6. The van der Waals surface area contributed by atoms with Gasteiger partial charge in [-0.05, 0) is 26.0 Å². The molecule has 2 aliphatic rings. The second-order valence-corrected chi connectivity index (χ2v) is 6.99. The molecule has 0 N–H and O–H groups in total. The van der Waals surface area contributed by atoms with Crippen molar-refractivity contribution in [2.45, 2.75) is 50.4 Å². The van der Waals surface area contributed by atoms with Crippen LogP contribution in [-0.2, 0) is 11.3 Å². The van der Waals surface area contributed by atoms with E-state index in [-0.39, 0.29) is 18.6 Å². The maximum atomic E-state index is 12.8. The van der Waals surface area contributed by atoms with E-state index in [1.807, 2.05) is 24.3 Å². The van der Waals surface area contributed by atoms with Gasteiger partial charge in [0.15, 0.2) is 0 Å². The van der Waals surface area contributed by atoms with Gasteiger partial charge in [0.2, 0.25) is 0 Å². The van der Waals surface area contributed by atoms with Crippen molar-refractivity contribution in [3.63, 3.8) is 0 Å². The molecule has 128 valence electrons. The lowest BCUT2D eigenvalue weighted by Crippen LogP contribution is -2.43. The van der Waals surface area contributed by atoms with Crippen molar-refractivity contribution in [1.82, 2.24) is 9.47 Å². The number of benzene rings is 1. The normalized spacial score (nSPS) is 26.8. The van der Waals surface area contributed by atoms with Gasteiger partial charge in [-0.15, -0.1) is 0 Å². The molecular weight excluding hydrogens is 307 g/mol. The van der Waals surface area contributed by atoms with Crippen molar-refractivity contribution >= 4 is 16.9 Å². The summed E-state index contributed by atoms with van der Waals surface area (Å²) in [6.45, 7) is -0.197. The van der Waals surface area contributed by atoms with Gasteiger partial charge < -0.3 is 14.2 Å². The van der Waals surface area contributed by atoms with E-state index in [0.29, 0.717) is 17.6 Å². The molecule has 2 saturated heterocycles. The third-order valence-electron chi connectivity index (χ3n) is 5.66. The second-order valence-electron chi connectivity index (χ2n) is 6.99. The van der Waals surface area contributed by atoms with E-state index < -0.39 is 6.67 Å². The Balaban J connectivity index is 1.56. The van der Waals surface area contributed by atoms with E-state index >= 15 is 0 Å². The summed E-state index contributed by atoms with van der Waals surface area (Å²) >= 11 is 0. The minimum atomic E-state index is -0.453. The number of alkyl halides is 1. The Kier molecular flexibility index (Phi) is 4.04. The van der Waals surface area contributed by atoms with Gasteiger partial charge >= 0.3 is 5.97 Å². The van der Waals surface area contributed by atoms with Gasteiger partial charge in [-0.25, -0.2) is 9.18 Å². The number of carbonyl (C=O) groups excluding carboxylic acids is 1. The van der Waals surface area contributed by atoms with Gasteiger partial charge in [-0.1, -0.05) is 18.2 Å². The molecule has 5 heteroatoms. The van der Waals surface area contributed by atoms with E-state index in [2.05, 4.69) is 11.9 Å². The zero-order valence-electron chi connectivity index (χ0n) is 14.0. The molecule has 0 amide bonds. The van der Waals surface area contributed by atoms with Gasteiger partial charge in [0.25, 0.3) is 0 Å². The summed E-state index contributed by atoms with van der Waals surface area (Å²) in [5.74, 6) is -0.280. The first-order valence-corrected chi connectivity index (χ1v) is 8.74. The number of nitrogens with zero attached hydrogens (tertiary/aromatic N) is 2. The summed E-state index contributed by atoms with van der Waals surface area (Å²) in [7, 11) is 2.17. The highest BCUT2D eigenvalue weighted by Crippen LogP contribution is 2.36. The number of halogens is 1. The average Bonchev–Trinajstić information content (AvgIpc) is 3.02. The monoisotopic (exact) mass is 330 g/mol. The lowest BCUT2D eigenvalue weighted by atomic mass is 10.0. The quantitative estimate of drug-likeness (QED) is 0.806. The number of aryl methyl sites for hydroxylation is 1. The van der Waals surface area contributed by atoms with E-state index in [0.717, 1.165) is 23.7 Å². The molecule has 24 heavy (non-hydrogen) atoms. The summed E-state index contributed by atoms with van der Waals surface area (Å²) < 4.78 is 20.4. The van der Waals surface area contributed by atoms with Crippen LogP contribution in [0.4, 0.5) is 4.39 Å². The summed E-state index contributed by atoms with van der Waals surface area (Å²) in [5.41, 5.74) is 1.43. The van der Waals surface area contributed by atoms with Crippen LogP contribution in [0.3, 0.4) is 0 Å². The summed E-state index contributed by atoms with van der Waals surface area (Å²) in [5, 5.41) is 0.840. The molecule has 2 aromatic rings. The fraction of sp³-hybridized carbons (Fsp3) is 0.526. The fourth-order valence-electron chi connectivity index (χ4n) is 4.36. The summed E-state index contributed by atoms with van der Waals surface area (Å²) in [6, 6.07) is 8.69. The van der Waals surface area contributed by atoms with Gasteiger partial charge in [-0.3, -0.25) is 0 Å². The molecule has 0 aliphatic carbocycles. The number of rotatable bonds is 4. The second kappa shape index (κ2) is 6.20. The number of hydrogen-bond donors (Lipinski definition) is 0. The Morgan fingerprint density at radius 1 is 1.25 bits per heavy atom. The highest BCUT2D eigenvalue weighted by molar-refractivity contribution is 6.04. The van der Waals surface area contributed by atoms with Crippen LogP contribution in [-0.4, -0.2) is 47.3 Å². The number of hydrogen-bond acceptors (Lipinski definition) is 3. The molecule has 0 saturated carbocycles. The Morgan fingerprint density at radius 2 is 1.96 bits per heavy atom. The number of esters is 1. The van der Waals surface area contributed by atoms with Crippen LogP contribution >= 0.6 is 0 Å². The average molecular weight is 330 g/mol. The van der Waals surface area contributed by atoms with Crippen LogP contribution in [0.1, 0.15) is 36.0 Å². The first-order chi connectivity index (χ1) is 11.7. The minimum absolute atomic E-state index is 0.00510. The van der Waals surface area contributed by atoms with E-state index in [1.54, 1.807) is 10.8 Å². The molecule has 3 atom stereocenters. The smallest absolute Gasteiger partial charge is 0.340 e. The molecule has 3 heterocycles. The predicted octanol–water partition coefficient (Wildman–Crippen LogP) is 3.39. The first-order valence-electron chi connectivity index (χ1n) is 8.74. The predicted molar refractivity (Wildman–Crippen MR) is 90.9 cm³/mol. The minimum Gasteiger partial charge on any atom is -0.459 e. The number of fused-ring (bicyclic) bond motifs is 3. The Bertz CT molecular complexity index is 743. The number of para-hydroxylation sites is 1. The molecule has 2 bridgehead atoms. The maximum Gasteiger partial charge on any atom is 0.340 e. The van der Waals surface area contributed by atoms with E-state index in [4.69, 9.17) is 4.74 Å². The maximum absolute atomic E-state index is 12.8. The van der Waals surface area contributed by atoms with Crippen LogP contribution in [0.5, 0.6) is 0 Å². The zero-order valence-corrected chi connectivity index (χ0v) is 14.0. The van der Waals surface area contributed by atoms with E-state index in [1.165, 1.54) is 12.8 Å². The Morgan fingerprint density at radius 3 is 2.67 bits per heavy atom. The largest absolute Gasteiger partial charge is 0.459 e. The van der Waals surface area contributed by atoms with Crippen molar-refractivity contribution in [1.29, 1.82) is 0 Å². The van der Waals surface area contributed by atoms with Gasteiger partial charge in [0.1, 0.15) is 12.8 Å². The van der Waals surface area contributed by atoms with Gasteiger partial charge in [0.05, 0.1) is 12.1 Å². The van der Waals surface area contributed by atoms with Crippen LogP contribution in [0.25, 0.3) is 10.9 Å². The molecule has 0 spiro atoms. The zero-order chi connectivity index (χ0) is 16.7. The molecule has 1 aromatic heterocycles. The van der Waals surface area contributed by atoms with Crippen molar-refractivity contribution in [2.75, 3.05) is 13.7 Å². The van der Waals surface area contributed by atoms with Crippen molar-refractivity contribution in [3.05, 3.63) is 36.0 Å². The van der Waals surface area contributed by atoms with Gasteiger partial charge in [-0.2, -0.15) is 0 Å². The molecule has 0 radical (unpaired) electrons. The molecule has 2 fully saturated rings. The summed E-state index contributed by atoms with van der Waals surface area (Å²) in [4.78, 5) is 15.1. The molecule has 1 aromatic carbocycles. The highest BCUT2D eigenvalue weighted by atomic mass is 19.1. The Hall–Kier alpha value is -1.88. The number of aromatic nitrogens is 1. The van der Waals surface area contributed by atoms with Crippen LogP contribution in [0, 0.1) is 0 Å². The molecule has 4 nitrogen and oxygen atoms in total. The van der Waals surface area contributed by atoms with Crippen LogP contribution in [0.2, 0.25) is 0 Å². The molecule has 0 unspecified atom stereocenters. The molecule has 2 aliphatic heterocycles. The third kappa shape index (κ3) is 2.61. The topological polar surface area (TPSA) is 34.5 Å². The number of piperidine rings is 1. The Labute approximate surface area is 141 Å². The van der Waals surface area contributed by atoms with Crippen LogP contribution < -0.4 is 0 Å². The standard InChI is InChI=1S/C19H23FN2O2/c1-21-13-6-7-14(21)11-15(10-13)24-19(23)17-12-22(9-8-20)18-5-3-2-4-16(17)18/h2-5,12-15H,6-11H2,1H3/t13-,14+,15+. The van der Waals surface area contributed by atoms with Crippen molar-refractivity contribution in [2.24, 2.45) is 0 Å². The third-order valence-corrected chi connectivity index (χ3v) is 5.66. The highest BCUT2D eigenvalue weighted by Gasteiger charge is 2.40. The molecular formula is C19H23FN2O2.